The highest BCUT2D eigenvalue weighted by molar-refractivity contribution is 9.10. The van der Waals surface area contributed by atoms with Gasteiger partial charge < -0.3 is 11.1 Å². The number of rotatable bonds is 6. The fraction of sp³-hybridized carbons (Fsp3) is 0.643. The van der Waals surface area contributed by atoms with Gasteiger partial charge in [-0.15, -0.1) is 11.3 Å². The van der Waals surface area contributed by atoms with Gasteiger partial charge in [0.1, 0.15) is 0 Å². The van der Waals surface area contributed by atoms with Crippen molar-refractivity contribution >= 4 is 33.2 Å². The summed E-state index contributed by atoms with van der Waals surface area (Å²) >= 11 is 5.38. The Balaban J connectivity index is 1.88. The minimum absolute atomic E-state index is 0.0651. The van der Waals surface area contributed by atoms with Crippen LogP contribution in [0.2, 0.25) is 0 Å². The summed E-state index contributed by atoms with van der Waals surface area (Å²) in [6.45, 7) is 3.24. The number of halogens is 1. The van der Waals surface area contributed by atoms with E-state index in [1.54, 1.807) is 11.3 Å². The maximum Gasteiger partial charge on any atom is 0.221 e. The Morgan fingerprint density at radius 1 is 1.55 bits per heavy atom. The number of carbonyl (C=O) groups excluding carboxylic acids is 1. The third kappa shape index (κ3) is 4.55. The van der Waals surface area contributed by atoms with Gasteiger partial charge in [0.05, 0.1) is 0 Å². The van der Waals surface area contributed by atoms with Crippen molar-refractivity contribution in [3.63, 3.8) is 0 Å². The van der Waals surface area contributed by atoms with E-state index in [4.69, 9.17) is 5.73 Å². The number of likely N-dealkylation sites (tertiary alicyclic amines) is 1. The fourth-order valence-corrected chi connectivity index (χ4v) is 4.08. The lowest BCUT2D eigenvalue weighted by atomic mass is 10.0. The number of nitrogens with one attached hydrogen (secondary N) is 1. The Kier molecular flexibility index (Phi) is 6.48. The monoisotopic (exact) mass is 359 g/mol. The van der Waals surface area contributed by atoms with E-state index < -0.39 is 0 Å². The van der Waals surface area contributed by atoms with Crippen molar-refractivity contribution in [2.45, 2.75) is 38.3 Å². The summed E-state index contributed by atoms with van der Waals surface area (Å²) in [5.41, 5.74) is 5.40. The normalized spacial score (nSPS) is 20.0. The third-order valence-corrected chi connectivity index (χ3v) is 5.60. The van der Waals surface area contributed by atoms with E-state index in [9.17, 15) is 4.79 Å². The summed E-state index contributed by atoms with van der Waals surface area (Å²) in [7, 11) is 0. The highest BCUT2D eigenvalue weighted by atomic mass is 79.9. The summed E-state index contributed by atoms with van der Waals surface area (Å²) in [4.78, 5) is 15.4. The lowest BCUT2D eigenvalue weighted by Crippen LogP contribution is -2.46. The van der Waals surface area contributed by atoms with Crippen LogP contribution in [0.1, 0.15) is 30.6 Å². The minimum atomic E-state index is 0.0651. The van der Waals surface area contributed by atoms with Crippen LogP contribution in [0.5, 0.6) is 0 Å². The first-order chi connectivity index (χ1) is 9.70. The summed E-state index contributed by atoms with van der Waals surface area (Å²) in [5.74, 6) is 0.0651. The Morgan fingerprint density at radius 3 is 3.10 bits per heavy atom. The van der Waals surface area contributed by atoms with Crippen molar-refractivity contribution < 1.29 is 4.79 Å². The molecule has 4 nitrogen and oxygen atoms in total. The molecule has 1 amide bonds. The first kappa shape index (κ1) is 15.9. The van der Waals surface area contributed by atoms with Crippen molar-refractivity contribution in [2.24, 2.45) is 5.73 Å². The zero-order valence-corrected chi connectivity index (χ0v) is 14.0. The molecule has 3 N–H and O–H groups in total. The van der Waals surface area contributed by atoms with E-state index in [0.717, 1.165) is 26.1 Å². The Morgan fingerprint density at radius 2 is 2.40 bits per heavy atom. The fourth-order valence-electron chi connectivity index (χ4n) is 2.57. The maximum absolute atomic E-state index is 11.5. The van der Waals surface area contributed by atoms with Gasteiger partial charge in [-0.3, -0.25) is 9.69 Å². The van der Waals surface area contributed by atoms with Gasteiger partial charge in [-0.05, 0) is 46.8 Å². The van der Waals surface area contributed by atoms with Gasteiger partial charge in [0.15, 0.2) is 0 Å². The molecule has 1 unspecified atom stereocenters. The predicted molar refractivity (Wildman–Crippen MR) is 86.7 cm³/mol. The first-order valence-corrected chi connectivity index (χ1v) is 8.80. The van der Waals surface area contributed by atoms with Crippen LogP contribution < -0.4 is 11.1 Å². The molecule has 1 saturated heterocycles. The summed E-state index contributed by atoms with van der Waals surface area (Å²) < 4.78 is 1.19. The van der Waals surface area contributed by atoms with Crippen LogP contribution in [0, 0.1) is 0 Å². The molecule has 6 heteroatoms. The van der Waals surface area contributed by atoms with Crippen LogP contribution in [0.4, 0.5) is 0 Å². The lowest BCUT2D eigenvalue weighted by molar-refractivity contribution is -0.121. The number of nitrogens with two attached hydrogens (primary N) is 1. The summed E-state index contributed by atoms with van der Waals surface area (Å²) in [6.07, 6.45) is 4.07. The number of thiophene rings is 1. The van der Waals surface area contributed by atoms with E-state index in [2.05, 4.69) is 37.6 Å². The maximum atomic E-state index is 11.5. The van der Waals surface area contributed by atoms with Gasteiger partial charge in [-0.1, -0.05) is 6.42 Å². The Hall–Kier alpha value is -0.430. The molecule has 1 fully saturated rings. The number of piperidine rings is 1. The molecule has 1 atom stereocenters. The topological polar surface area (TPSA) is 58.4 Å². The molecule has 0 saturated carbocycles. The van der Waals surface area contributed by atoms with Gasteiger partial charge in [0.25, 0.3) is 0 Å². The van der Waals surface area contributed by atoms with Gasteiger partial charge in [-0.2, -0.15) is 0 Å². The lowest BCUT2D eigenvalue weighted by Gasteiger charge is -2.35. The van der Waals surface area contributed by atoms with Gasteiger partial charge in [0, 0.05) is 41.4 Å². The second-order valence-corrected chi connectivity index (χ2v) is 7.01. The van der Waals surface area contributed by atoms with Gasteiger partial charge in [0.2, 0.25) is 5.91 Å². The van der Waals surface area contributed by atoms with E-state index in [0.29, 0.717) is 19.0 Å². The van der Waals surface area contributed by atoms with Gasteiger partial charge in [-0.25, -0.2) is 0 Å². The number of nitrogens with zero attached hydrogens (tertiary/aromatic N) is 1. The van der Waals surface area contributed by atoms with Crippen molar-refractivity contribution in [3.8, 4) is 0 Å². The molecular formula is C14H22BrN3OS. The van der Waals surface area contributed by atoms with Crippen molar-refractivity contribution in [1.29, 1.82) is 0 Å². The first-order valence-electron chi connectivity index (χ1n) is 7.13. The summed E-state index contributed by atoms with van der Waals surface area (Å²) in [5, 5.41) is 5.12. The zero-order valence-electron chi connectivity index (χ0n) is 11.6. The van der Waals surface area contributed by atoms with Crippen LogP contribution in [-0.2, 0) is 11.3 Å². The Labute approximate surface area is 132 Å². The third-order valence-electron chi connectivity index (χ3n) is 3.69. The molecule has 0 aromatic carbocycles. The molecule has 1 aromatic heterocycles. The highest BCUT2D eigenvalue weighted by Crippen LogP contribution is 2.27. The van der Waals surface area contributed by atoms with Crippen LogP contribution in [0.25, 0.3) is 0 Å². The quantitative estimate of drug-likeness (QED) is 0.819. The zero-order chi connectivity index (χ0) is 14.4. The predicted octanol–water partition coefficient (Wildman–Crippen LogP) is 2.33. The van der Waals surface area contributed by atoms with Gasteiger partial charge >= 0.3 is 0 Å². The van der Waals surface area contributed by atoms with E-state index >= 15 is 0 Å². The molecule has 112 valence electrons. The molecule has 1 aromatic rings. The summed E-state index contributed by atoms with van der Waals surface area (Å²) in [6, 6.07) is 2.54. The molecule has 0 aliphatic carbocycles. The largest absolute Gasteiger partial charge is 0.354 e. The SMILES string of the molecule is NCCC(=O)NCC1CCCCN1Cc1sccc1Br. The van der Waals surface area contributed by atoms with Crippen LogP contribution in [0.3, 0.4) is 0 Å². The molecule has 0 spiro atoms. The van der Waals surface area contributed by atoms with Crippen LogP contribution in [0.15, 0.2) is 15.9 Å². The molecule has 20 heavy (non-hydrogen) atoms. The molecule has 0 radical (unpaired) electrons. The number of carbonyl (C=O) groups is 1. The number of amides is 1. The molecule has 0 bridgehead atoms. The molecule has 1 aliphatic rings. The number of hydrogen-bond acceptors (Lipinski definition) is 4. The van der Waals surface area contributed by atoms with E-state index in [-0.39, 0.29) is 5.91 Å². The Bertz CT molecular complexity index is 438. The number of hydrogen-bond donors (Lipinski definition) is 2. The van der Waals surface area contributed by atoms with Crippen LogP contribution in [-0.4, -0.2) is 36.5 Å². The van der Waals surface area contributed by atoms with Crippen molar-refractivity contribution in [3.05, 3.63) is 20.8 Å². The second kappa shape index (κ2) is 8.12. The standard InChI is InChI=1S/C14H22BrN3OS/c15-12-5-8-20-13(12)10-18-7-2-1-3-11(18)9-17-14(19)4-6-16/h5,8,11H,1-4,6-7,9-10,16H2,(H,17,19). The molecule has 2 heterocycles. The van der Waals surface area contributed by atoms with E-state index in [1.807, 2.05) is 0 Å². The van der Waals surface area contributed by atoms with E-state index in [1.165, 1.54) is 22.2 Å². The van der Waals surface area contributed by atoms with Crippen molar-refractivity contribution in [1.82, 2.24) is 10.2 Å². The van der Waals surface area contributed by atoms with Crippen molar-refractivity contribution in [2.75, 3.05) is 19.6 Å². The minimum Gasteiger partial charge on any atom is -0.354 e. The molecule has 2 rings (SSSR count). The molecule has 1 aliphatic heterocycles. The average Bonchev–Trinajstić information content (AvgIpc) is 2.84. The molecular weight excluding hydrogens is 338 g/mol. The average molecular weight is 360 g/mol. The smallest absolute Gasteiger partial charge is 0.221 e. The highest BCUT2D eigenvalue weighted by Gasteiger charge is 2.23. The second-order valence-electron chi connectivity index (χ2n) is 5.15. The van der Waals surface area contributed by atoms with Crippen LogP contribution >= 0.6 is 27.3 Å².